The Balaban J connectivity index is 2.29. The van der Waals surface area contributed by atoms with Crippen molar-refractivity contribution in [1.29, 1.82) is 0 Å². The monoisotopic (exact) mass is 364 g/mol. The van der Waals surface area contributed by atoms with Gasteiger partial charge in [0.2, 0.25) is 0 Å². The van der Waals surface area contributed by atoms with Crippen molar-refractivity contribution in [1.82, 2.24) is 4.98 Å². The van der Waals surface area contributed by atoms with E-state index < -0.39 is 24.2 Å². The molecule has 0 aliphatic heterocycles. The van der Waals surface area contributed by atoms with Gasteiger partial charge in [0, 0.05) is 0 Å². The summed E-state index contributed by atoms with van der Waals surface area (Å²) in [4.78, 5) is 3.70. The van der Waals surface area contributed by atoms with Gasteiger partial charge < -0.3 is 0 Å². The van der Waals surface area contributed by atoms with Crippen molar-refractivity contribution in [3.8, 4) is 0 Å². The molecule has 0 fully saturated rings. The molecule has 0 atom stereocenters. The van der Waals surface area contributed by atoms with E-state index in [2.05, 4.69) is 9.71 Å². The number of hydrogen-bond donors (Lipinski definition) is 3. The molecule has 0 aliphatic carbocycles. The van der Waals surface area contributed by atoms with Crippen molar-refractivity contribution in [3.05, 3.63) is 35.8 Å². The second kappa shape index (κ2) is 5.10. The predicted molar refractivity (Wildman–Crippen MR) is 69.9 cm³/mol. The molecule has 102 valence electrons. The van der Waals surface area contributed by atoms with Crippen molar-refractivity contribution < 1.29 is 20.3 Å². The maximum atomic E-state index is 11.9. The Morgan fingerprint density at radius 3 is 2.32 bits per heavy atom. The van der Waals surface area contributed by atoms with Gasteiger partial charge in [0.15, 0.2) is 0 Å². The molecule has 10 heteroatoms. The second-order valence-corrected chi connectivity index (χ2v) is 9.42. The predicted octanol–water partition coefficient (Wildman–Crippen LogP) is -0.495. The van der Waals surface area contributed by atoms with Gasteiger partial charge in [-0.1, -0.05) is 0 Å². The van der Waals surface area contributed by atoms with E-state index in [9.17, 15) is 12.2 Å². The van der Waals surface area contributed by atoms with Crippen LogP contribution in [0.4, 0.5) is 5.13 Å². The molecule has 0 saturated carbocycles. The first-order valence-corrected chi connectivity index (χ1v) is 10.6. The molecule has 2 rings (SSSR count). The third kappa shape index (κ3) is 3.46. The SMILES string of the molecule is O=S(=O)(Nc1nccs1)c1ccc([As](=O)(O)O)cc1. The molecule has 0 unspecified atom stereocenters. The van der Waals surface area contributed by atoms with E-state index in [4.69, 9.17) is 8.19 Å². The standard InChI is InChI=1S/C9H9AsN2O5S2/c13-10(14,15)7-1-3-8(4-2-7)19(16,17)12-9-11-5-6-18-9/h1-6H,(H,11,12)(H2,13,14,15). The third-order valence-electron chi connectivity index (χ3n) is 2.14. The third-order valence-corrected chi connectivity index (χ3v) is 6.35. The molecule has 0 spiro atoms. The normalized spacial score (nSPS) is 12.3. The molecule has 3 N–H and O–H groups in total. The van der Waals surface area contributed by atoms with E-state index in [0.29, 0.717) is 0 Å². The number of benzene rings is 1. The number of sulfonamides is 1. The Morgan fingerprint density at radius 1 is 1.21 bits per heavy atom. The fourth-order valence-corrected chi connectivity index (χ4v) is 4.18. The first-order valence-electron chi connectivity index (χ1n) is 4.87. The summed E-state index contributed by atoms with van der Waals surface area (Å²) in [6.07, 6.45) is 1.46. The number of nitrogens with one attached hydrogen (secondary N) is 1. The zero-order valence-corrected chi connectivity index (χ0v) is 12.8. The van der Waals surface area contributed by atoms with Crippen molar-refractivity contribution in [2.45, 2.75) is 4.90 Å². The molecular formula is C9H9AsN2O5S2. The minimum absolute atomic E-state index is 0.0876. The van der Waals surface area contributed by atoms with Crippen LogP contribution >= 0.6 is 11.3 Å². The fourth-order valence-electron chi connectivity index (χ4n) is 1.27. The van der Waals surface area contributed by atoms with Gasteiger partial charge in [-0.25, -0.2) is 0 Å². The summed E-state index contributed by atoms with van der Waals surface area (Å²) in [6, 6.07) is 4.50. The summed E-state index contributed by atoms with van der Waals surface area (Å²) in [5, 5.41) is 1.85. The molecular weight excluding hydrogens is 355 g/mol. The van der Waals surface area contributed by atoms with Gasteiger partial charge in [0.05, 0.1) is 0 Å². The van der Waals surface area contributed by atoms with Crippen LogP contribution in [-0.4, -0.2) is 35.8 Å². The number of rotatable bonds is 4. The van der Waals surface area contributed by atoms with Crippen LogP contribution in [0.15, 0.2) is 40.7 Å². The summed E-state index contributed by atoms with van der Waals surface area (Å²) in [5.74, 6) is 0. The maximum absolute atomic E-state index is 11.9. The van der Waals surface area contributed by atoms with Crippen LogP contribution in [0.1, 0.15) is 0 Å². The van der Waals surface area contributed by atoms with Crippen LogP contribution in [0, 0.1) is 0 Å². The molecule has 0 amide bonds. The average Bonchev–Trinajstić information content (AvgIpc) is 2.80. The van der Waals surface area contributed by atoms with Gasteiger partial charge in [-0.05, 0) is 0 Å². The fraction of sp³-hybridized carbons (Fsp3) is 0. The van der Waals surface area contributed by atoms with Crippen LogP contribution in [0.3, 0.4) is 0 Å². The van der Waals surface area contributed by atoms with Crippen LogP contribution < -0.4 is 9.07 Å². The van der Waals surface area contributed by atoms with E-state index in [-0.39, 0.29) is 14.4 Å². The Kier molecular flexibility index (Phi) is 3.84. The van der Waals surface area contributed by atoms with E-state index in [1.807, 2.05) is 0 Å². The van der Waals surface area contributed by atoms with Crippen molar-refractivity contribution in [3.63, 3.8) is 0 Å². The van der Waals surface area contributed by atoms with Gasteiger partial charge in [-0.3, -0.25) is 0 Å². The number of anilines is 1. The molecule has 2 aromatic rings. The van der Waals surface area contributed by atoms with Gasteiger partial charge in [0.25, 0.3) is 0 Å². The van der Waals surface area contributed by atoms with Crippen LogP contribution in [-0.2, 0) is 13.8 Å². The van der Waals surface area contributed by atoms with Crippen molar-refractivity contribution >= 4 is 45.0 Å². The van der Waals surface area contributed by atoms with Gasteiger partial charge in [-0.2, -0.15) is 0 Å². The van der Waals surface area contributed by atoms with Gasteiger partial charge in [-0.15, -0.1) is 0 Å². The molecule has 7 nitrogen and oxygen atoms in total. The van der Waals surface area contributed by atoms with E-state index in [0.717, 1.165) is 35.6 Å². The zero-order valence-electron chi connectivity index (χ0n) is 9.29. The van der Waals surface area contributed by atoms with Crippen LogP contribution in [0.25, 0.3) is 0 Å². The molecule has 1 heterocycles. The Bertz CT molecular complexity index is 706. The summed E-state index contributed by atoms with van der Waals surface area (Å²) >= 11 is -3.86. The number of thiazole rings is 1. The molecule has 0 aliphatic rings. The Labute approximate surface area is 116 Å². The first-order chi connectivity index (χ1) is 8.79. The van der Waals surface area contributed by atoms with Crippen LogP contribution in [0.5, 0.6) is 0 Å². The summed E-state index contributed by atoms with van der Waals surface area (Å²) in [7, 11) is -3.79. The molecule has 0 radical (unpaired) electrons. The number of aromatic nitrogens is 1. The van der Waals surface area contributed by atoms with Crippen molar-refractivity contribution in [2.75, 3.05) is 4.72 Å². The summed E-state index contributed by atoms with van der Waals surface area (Å²) < 4.78 is 55.0. The summed E-state index contributed by atoms with van der Waals surface area (Å²) in [5.41, 5.74) is 0. The average molecular weight is 364 g/mol. The summed E-state index contributed by atoms with van der Waals surface area (Å²) in [6.45, 7) is 0. The Hall–Kier alpha value is -1.12. The van der Waals surface area contributed by atoms with Crippen LogP contribution in [0.2, 0.25) is 0 Å². The first kappa shape index (κ1) is 14.3. The topological polar surface area (TPSA) is 117 Å². The molecule has 0 saturated heterocycles. The van der Waals surface area contributed by atoms with Crippen molar-refractivity contribution in [2.24, 2.45) is 0 Å². The molecule has 1 aromatic carbocycles. The minimum atomic E-state index is -4.99. The second-order valence-electron chi connectivity index (χ2n) is 3.48. The number of hydrogen-bond acceptors (Lipinski definition) is 5. The zero-order chi connectivity index (χ0) is 14.1. The molecule has 1 aromatic heterocycles. The van der Waals surface area contributed by atoms with Gasteiger partial charge in [0.1, 0.15) is 0 Å². The van der Waals surface area contributed by atoms with E-state index in [1.54, 1.807) is 5.38 Å². The number of nitrogens with zero attached hydrogens (tertiary/aromatic N) is 1. The van der Waals surface area contributed by atoms with Gasteiger partial charge >= 0.3 is 116 Å². The Morgan fingerprint density at radius 2 is 1.84 bits per heavy atom. The quantitative estimate of drug-likeness (QED) is 0.630. The molecule has 19 heavy (non-hydrogen) atoms. The van der Waals surface area contributed by atoms with E-state index >= 15 is 0 Å². The molecule has 0 bridgehead atoms. The van der Waals surface area contributed by atoms with E-state index in [1.165, 1.54) is 6.20 Å².